The third kappa shape index (κ3) is 3.21. The van der Waals surface area contributed by atoms with E-state index in [0.29, 0.717) is 12.9 Å². The van der Waals surface area contributed by atoms with E-state index in [1.165, 1.54) is 25.7 Å². The summed E-state index contributed by atoms with van der Waals surface area (Å²) < 4.78 is 10.3. The predicted molar refractivity (Wildman–Crippen MR) is 44.4 cm³/mol. The number of ether oxygens (including phenoxy) is 2. The quantitative estimate of drug-likeness (QED) is 0.586. The van der Waals surface area contributed by atoms with E-state index in [-0.39, 0.29) is 0 Å². The third-order valence-electron chi connectivity index (χ3n) is 2.38. The van der Waals surface area contributed by atoms with Crippen molar-refractivity contribution in [3.05, 3.63) is 0 Å². The molecule has 2 heteroatoms. The molecule has 0 aromatic carbocycles. The largest absolute Gasteiger partial charge is 0.359 e. The lowest BCUT2D eigenvalue weighted by atomic mass is 9.89. The highest BCUT2D eigenvalue weighted by Gasteiger charge is 2.17. The van der Waals surface area contributed by atoms with Crippen LogP contribution in [0.25, 0.3) is 0 Å². The lowest BCUT2D eigenvalue weighted by molar-refractivity contribution is -0.0851. The van der Waals surface area contributed by atoms with Crippen LogP contribution < -0.4 is 0 Å². The van der Waals surface area contributed by atoms with Crippen molar-refractivity contribution in [2.45, 2.75) is 38.7 Å². The molecule has 0 saturated heterocycles. The molecule has 1 rings (SSSR count). The Morgan fingerprint density at radius 1 is 1.18 bits per heavy atom. The first-order valence-corrected chi connectivity index (χ1v) is 4.43. The molecule has 0 radical (unpaired) electrons. The first-order valence-electron chi connectivity index (χ1n) is 4.43. The fourth-order valence-corrected chi connectivity index (χ4v) is 1.56. The van der Waals surface area contributed by atoms with Gasteiger partial charge in [-0.2, -0.15) is 0 Å². The predicted octanol–water partition coefficient (Wildman–Crippen LogP) is 2.19. The van der Waals surface area contributed by atoms with Crippen LogP contribution >= 0.6 is 0 Å². The summed E-state index contributed by atoms with van der Waals surface area (Å²) in [7, 11) is 1.67. The molecule has 0 aliphatic heterocycles. The number of hydrogen-bond acceptors (Lipinski definition) is 2. The molecule has 0 bridgehead atoms. The van der Waals surface area contributed by atoms with E-state index in [4.69, 9.17) is 9.47 Å². The minimum atomic E-state index is 0.457. The molecule has 0 aromatic rings. The van der Waals surface area contributed by atoms with E-state index in [1.54, 1.807) is 7.11 Å². The monoisotopic (exact) mass is 158 g/mol. The molecule has 11 heavy (non-hydrogen) atoms. The van der Waals surface area contributed by atoms with Crippen LogP contribution in [-0.2, 0) is 9.47 Å². The van der Waals surface area contributed by atoms with Crippen molar-refractivity contribution in [2.24, 2.45) is 5.92 Å². The summed E-state index contributed by atoms with van der Waals surface area (Å²) in [6.45, 7) is 2.77. The molecule has 1 aliphatic rings. The summed E-state index contributed by atoms with van der Waals surface area (Å²) >= 11 is 0. The van der Waals surface area contributed by atoms with Gasteiger partial charge in [0.25, 0.3) is 0 Å². The molecule has 0 amide bonds. The summed E-state index contributed by atoms with van der Waals surface area (Å²) in [6.07, 6.45) is 5.52. The van der Waals surface area contributed by atoms with Crippen LogP contribution in [0.15, 0.2) is 0 Å². The van der Waals surface area contributed by atoms with Crippen LogP contribution in [0.2, 0.25) is 0 Å². The Kier molecular flexibility index (Phi) is 3.87. The van der Waals surface area contributed by atoms with Crippen molar-refractivity contribution in [3.63, 3.8) is 0 Å². The van der Waals surface area contributed by atoms with Gasteiger partial charge in [0.2, 0.25) is 0 Å². The van der Waals surface area contributed by atoms with Gasteiger partial charge in [-0.05, 0) is 31.6 Å². The highest BCUT2D eigenvalue weighted by Crippen LogP contribution is 2.25. The van der Waals surface area contributed by atoms with Gasteiger partial charge in [-0.3, -0.25) is 0 Å². The van der Waals surface area contributed by atoms with E-state index < -0.39 is 0 Å². The lowest BCUT2D eigenvalue weighted by Gasteiger charge is -2.25. The topological polar surface area (TPSA) is 18.5 Å². The van der Waals surface area contributed by atoms with Crippen molar-refractivity contribution in [1.29, 1.82) is 0 Å². The van der Waals surface area contributed by atoms with Crippen LogP contribution in [-0.4, -0.2) is 20.0 Å². The number of hydrogen-bond donors (Lipinski definition) is 0. The van der Waals surface area contributed by atoms with Crippen LogP contribution in [0.1, 0.15) is 32.6 Å². The summed E-state index contributed by atoms with van der Waals surface area (Å²) in [5, 5.41) is 0. The summed E-state index contributed by atoms with van der Waals surface area (Å²) in [5.74, 6) is 0.900. The summed E-state index contributed by atoms with van der Waals surface area (Å²) in [6, 6.07) is 0. The summed E-state index contributed by atoms with van der Waals surface area (Å²) in [5.41, 5.74) is 0. The average molecular weight is 158 g/mol. The molecular weight excluding hydrogens is 140 g/mol. The maximum absolute atomic E-state index is 5.46. The van der Waals surface area contributed by atoms with E-state index in [0.717, 1.165) is 5.92 Å². The van der Waals surface area contributed by atoms with Crippen molar-refractivity contribution in [3.8, 4) is 0 Å². The maximum atomic E-state index is 5.46. The second-order valence-electron chi connectivity index (χ2n) is 3.46. The third-order valence-corrected chi connectivity index (χ3v) is 2.38. The SMILES string of the molecule is COCO[C@H]1CC[C@H](C)CC1. The van der Waals surface area contributed by atoms with Gasteiger partial charge in [-0.25, -0.2) is 0 Å². The van der Waals surface area contributed by atoms with Crippen molar-refractivity contribution in [1.82, 2.24) is 0 Å². The van der Waals surface area contributed by atoms with Gasteiger partial charge in [0, 0.05) is 7.11 Å². The molecule has 0 unspecified atom stereocenters. The zero-order valence-electron chi connectivity index (χ0n) is 7.51. The minimum absolute atomic E-state index is 0.457. The van der Waals surface area contributed by atoms with Crippen molar-refractivity contribution >= 4 is 0 Å². The Labute approximate surface area is 68.9 Å². The van der Waals surface area contributed by atoms with Crippen molar-refractivity contribution in [2.75, 3.05) is 13.9 Å². The molecule has 66 valence electrons. The molecule has 0 N–H and O–H groups in total. The number of methoxy groups -OCH3 is 1. The van der Waals surface area contributed by atoms with Gasteiger partial charge in [0.15, 0.2) is 0 Å². The Balaban J connectivity index is 2.07. The van der Waals surface area contributed by atoms with Gasteiger partial charge in [0.05, 0.1) is 6.10 Å². The van der Waals surface area contributed by atoms with E-state index >= 15 is 0 Å². The highest BCUT2D eigenvalue weighted by atomic mass is 16.7. The molecule has 0 spiro atoms. The normalized spacial score (nSPS) is 32.2. The smallest absolute Gasteiger partial charge is 0.146 e. The van der Waals surface area contributed by atoms with E-state index in [1.807, 2.05) is 0 Å². The van der Waals surface area contributed by atoms with Crippen LogP contribution in [0, 0.1) is 5.92 Å². The van der Waals surface area contributed by atoms with Crippen molar-refractivity contribution < 1.29 is 9.47 Å². The van der Waals surface area contributed by atoms with Crippen LogP contribution in [0.4, 0.5) is 0 Å². The standard InChI is InChI=1S/C9H18O2/c1-8-3-5-9(6-4-8)11-7-10-2/h8-9H,3-7H2,1-2H3/t8-,9-. The first-order chi connectivity index (χ1) is 5.33. The van der Waals surface area contributed by atoms with Gasteiger partial charge < -0.3 is 9.47 Å². The van der Waals surface area contributed by atoms with Gasteiger partial charge in [-0.15, -0.1) is 0 Å². The van der Waals surface area contributed by atoms with E-state index in [2.05, 4.69) is 6.92 Å². The first kappa shape index (κ1) is 9.01. The molecule has 1 aliphatic carbocycles. The Morgan fingerprint density at radius 2 is 1.82 bits per heavy atom. The zero-order valence-corrected chi connectivity index (χ0v) is 7.51. The second-order valence-corrected chi connectivity index (χ2v) is 3.46. The zero-order chi connectivity index (χ0) is 8.10. The molecule has 0 aromatic heterocycles. The fraction of sp³-hybridized carbons (Fsp3) is 1.00. The Morgan fingerprint density at radius 3 is 2.36 bits per heavy atom. The van der Waals surface area contributed by atoms with Gasteiger partial charge in [-0.1, -0.05) is 6.92 Å². The molecule has 0 heterocycles. The highest BCUT2D eigenvalue weighted by molar-refractivity contribution is 4.69. The second kappa shape index (κ2) is 4.73. The van der Waals surface area contributed by atoms with Gasteiger partial charge in [0.1, 0.15) is 6.79 Å². The Hall–Kier alpha value is -0.0800. The summed E-state index contributed by atoms with van der Waals surface area (Å²) in [4.78, 5) is 0. The van der Waals surface area contributed by atoms with Crippen LogP contribution in [0.5, 0.6) is 0 Å². The molecule has 1 fully saturated rings. The Bertz CT molecular complexity index is 93.0. The van der Waals surface area contributed by atoms with Crippen LogP contribution in [0.3, 0.4) is 0 Å². The van der Waals surface area contributed by atoms with E-state index in [9.17, 15) is 0 Å². The maximum Gasteiger partial charge on any atom is 0.146 e. The minimum Gasteiger partial charge on any atom is -0.359 e. The fourth-order valence-electron chi connectivity index (χ4n) is 1.56. The molecule has 1 saturated carbocycles. The lowest BCUT2D eigenvalue weighted by Crippen LogP contribution is -2.21. The molecule has 2 nitrogen and oxygen atoms in total. The number of rotatable bonds is 3. The van der Waals surface area contributed by atoms with Gasteiger partial charge >= 0.3 is 0 Å². The molecular formula is C9H18O2. The molecule has 0 atom stereocenters. The average Bonchev–Trinajstić information content (AvgIpc) is 2.04.